The van der Waals surface area contributed by atoms with Crippen LogP contribution in [-0.4, -0.2) is 13.4 Å². The van der Waals surface area contributed by atoms with E-state index in [2.05, 4.69) is 36.6 Å². The lowest BCUT2D eigenvalue weighted by Crippen LogP contribution is -2.33. The molecule has 0 bridgehead atoms. The highest BCUT2D eigenvalue weighted by atomic mass is 28.3. The fraction of sp³-hybridized carbons (Fsp3) is 0.250. The molecule has 2 nitrogen and oxygen atoms in total. The monoisotopic (exact) mass is 216 g/mol. The van der Waals surface area contributed by atoms with Gasteiger partial charge < -0.3 is 5.84 Å². The van der Waals surface area contributed by atoms with Gasteiger partial charge in [-0.05, 0) is 18.1 Å². The summed E-state index contributed by atoms with van der Waals surface area (Å²) in [5.41, 5.74) is 0.997. The topological polar surface area (TPSA) is 38.4 Å². The van der Waals surface area contributed by atoms with Crippen molar-refractivity contribution < 1.29 is 0 Å². The van der Waals surface area contributed by atoms with Gasteiger partial charge in [0, 0.05) is 5.56 Å². The number of hydrogen-bond acceptors (Lipinski definition) is 2. The molecule has 15 heavy (non-hydrogen) atoms. The van der Waals surface area contributed by atoms with Crippen LogP contribution in [0.3, 0.4) is 0 Å². The molecule has 0 unspecified atom stereocenters. The van der Waals surface area contributed by atoms with Crippen LogP contribution in [0.4, 0.5) is 0 Å². The highest BCUT2D eigenvalue weighted by molar-refractivity contribution is 7.06. The molecule has 0 aliphatic heterocycles. The third-order valence-corrected chi connectivity index (χ3v) is 3.61. The van der Waals surface area contributed by atoms with Crippen LogP contribution < -0.4 is 5.84 Å². The van der Waals surface area contributed by atoms with Crippen molar-refractivity contribution in [2.75, 3.05) is 0 Å². The molecule has 0 spiro atoms. The molecular formula is C12H16N2Si. The van der Waals surface area contributed by atoms with Crippen molar-refractivity contribution in [2.24, 2.45) is 10.9 Å². The first-order valence-corrected chi connectivity index (χ1v) is 8.39. The quantitative estimate of drug-likeness (QED) is 0.252. The van der Waals surface area contributed by atoms with Crippen LogP contribution >= 0.6 is 0 Å². The Bertz CT molecular complexity index is 405. The van der Waals surface area contributed by atoms with E-state index in [0.717, 1.165) is 10.9 Å². The molecule has 0 radical (unpaired) electrons. The van der Waals surface area contributed by atoms with E-state index in [1.165, 1.54) is 0 Å². The summed E-state index contributed by atoms with van der Waals surface area (Å²) in [5, 5.41) is 4.63. The van der Waals surface area contributed by atoms with Gasteiger partial charge in [-0.2, -0.15) is 5.10 Å². The van der Waals surface area contributed by atoms with E-state index in [4.69, 9.17) is 5.84 Å². The lowest BCUT2D eigenvalue weighted by molar-refractivity contribution is 1.26. The number of hydrogen-bond donors (Lipinski definition) is 1. The predicted molar refractivity (Wildman–Crippen MR) is 68.3 cm³/mol. The Morgan fingerprint density at radius 1 is 1.20 bits per heavy atom. The van der Waals surface area contributed by atoms with Crippen molar-refractivity contribution >= 4 is 13.4 Å². The molecule has 0 aromatic heterocycles. The number of hydrazone groups is 1. The zero-order valence-electron chi connectivity index (χ0n) is 9.41. The van der Waals surface area contributed by atoms with Crippen molar-refractivity contribution in [1.29, 1.82) is 0 Å². The normalized spacial score (nSPS) is 11.8. The van der Waals surface area contributed by atoms with Crippen LogP contribution in [0.1, 0.15) is 5.56 Å². The van der Waals surface area contributed by atoms with Crippen molar-refractivity contribution in [3.8, 4) is 11.8 Å². The third-order valence-electron chi connectivity index (χ3n) is 1.94. The highest BCUT2D eigenvalue weighted by Crippen LogP contribution is 2.03. The lowest BCUT2D eigenvalue weighted by atomic mass is 10.2. The molecule has 0 aliphatic rings. The van der Waals surface area contributed by atoms with Crippen molar-refractivity contribution in [2.45, 2.75) is 19.6 Å². The van der Waals surface area contributed by atoms with Gasteiger partial charge in [-0.25, -0.2) is 0 Å². The number of rotatable bonds is 1. The van der Waals surface area contributed by atoms with Gasteiger partial charge in [-0.3, -0.25) is 0 Å². The Morgan fingerprint density at radius 2 is 1.80 bits per heavy atom. The maximum absolute atomic E-state index is 5.34. The highest BCUT2D eigenvalue weighted by Gasteiger charge is 2.19. The molecule has 0 fully saturated rings. The number of benzene rings is 1. The van der Waals surface area contributed by atoms with Gasteiger partial charge >= 0.3 is 0 Å². The summed E-state index contributed by atoms with van der Waals surface area (Å²) >= 11 is 0. The molecule has 0 saturated heterocycles. The standard InChI is InChI=1S/C12H16N2Si/c1-15(2,3)12(14-13)10-9-11-7-5-4-6-8-11/h4-8H,13H2,1-3H3/b14-12+. The summed E-state index contributed by atoms with van der Waals surface area (Å²) in [6, 6.07) is 9.87. The Morgan fingerprint density at radius 3 is 2.27 bits per heavy atom. The van der Waals surface area contributed by atoms with Gasteiger partial charge in [0.1, 0.15) is 8.07 Å². The molecule has 1 aromatic carbocycles. The lowest BCUT2D eigenvalue weighted by Gasteiger charge is -2.12. The summed E-state index contributed by atoms with van der Waals surface area (Å²) in [6.07, 6.45) is 0. The van der Waals surface area contributed by atoms with E-state index in [9.17, 15) is 0 Å². The van der Waals surface area contributed by atoms with Crippen LogP contribution in [0, 0.1) is 11.8 Å². The zero-order chi connectivity index (χ0) is 11.3. The average molecular weight is 216 g/mol. The van der Waals surface area contributed by atoms with Crippen LogP contribution in [-0.2, 0) is 0 Å². The Kier molecular flexibility index (Phi) is 3.70. The molecule has 2 N–H and O–H groups in total. The minimum Gasteiger partial charge on any atom is -0.323 e. The Balaban J connectivity index is 2.91. The minimum absolute atomic E-state index is 0.853. The molecule has 1 rings (SSSR count). The first-order chi connectivity index (χ1) is 7.04. The van der Waals surface area contributed by atoms with Crippen LogP contribution in [0.5, 0.6) is 0 Å². The number of nitrogens with two attached hydrogens (primary N) is 1. The smallest absolute Gasteiger partial charge is 0.115 e. The second kappa shape index (κ2) is 4.81. The van der Waals surface area contributed by atoms with E-state index in [0.29, 0.717) is 0 Å². The van der Waals surface area contributed by atoms with E-state index in [1.807, 2.05) is 30.3 Å². The van der Waals surface area contributed by atoms with Crippen molar-refractivity contribution in [1.82, 2.24) is 0 Å². The summed E-state index contributed by atoms with van der Waals surface area (Å²) < 4.78 is 0. The summed E-state index contributed by atoms with van der Waals surface area (Å²) in [6.45, 7) is 6.54. The summed E-state index contributed by atoms with van der Waals surface area (Å²) in [7, 11) is -1.49. The maximum Gasteiger partial charge on any atom is 0.115 e. The Labute approximate surface area is 92.2 Å². The largest absolute Gasteiger partial charge is 0.323 e. The van der Waals surface area contributed by atoms with Gasteiger partial charge in [0.15, 0.2) is 0 Å². The molecule has 1 aromatic rings. The van der Waals surface area contributed by atoms with E-state index in [1.54, 1.807) is 0 Å². The maximum atomic E-state index is 5.34. The molecule has 78 valence electrons. The van der Waals surface area contributed by atoms with Gasteiger partial charge in [0.05, 0.1) is 5.33 Å². The predicted octanol–water partition coefficient (Wildman–Crippen LogP) is 2.23. The van der Waals surface area contributed by atoms with Gasteiger partial charge in [0.25, 0.3) is 0 Å². The molecule has 0 aliphatic carbocycles. The second-order valence-corrected chi connectivity index (χ2v) is 9.32. The second-order valence-electron chi connectivity index (χ2n) is 4.34. The zero-order valence-corrected chi connectivity index (χ0v) is 10.4. The fourth-order valence-corrected chi connectivity index (χ4v) is 1.89. The summed E-state index contributed by atoms with van der Waals surface area (Å²) in [5.74, 6) is 11.5. The van der Waals surface area contributed by atoms with Gasteiger partial charge in [-0.15, -0.1) is 0 Å². The first-order valence-electron chi connectivity index (χ1n) is 4.89. The van der Waals surface area contributed by atoms with E-state index in [-0.39, 0.29) is 0 Å². The van der Waals surface area contributed by atoms with Crippen LogP contribution in [0.15, 0.2) is 35.4 Å². The van der Waals surface area contributed by atoms with Crippen LogP contribution in [0.2, 0.25) is 19.6 Å². The van der Waals surface area contributed by atoms with Crippen molar-refractivity contribution in [3.63, 3.8) is 0 Å². The van der Waals surface area contributed by atoms with E-state index >= 15 is 0 Å². The molecular weight excluding hydrogens is 200 g/mol. The SMILES string of the molecule is C[Si](C)(C)/C(C#Cc1ccccc1)=N/N. The molecule has 0 saturated carbocycles. The van der Waals surface area contributed by atoms with E-state index < -0.39 is 8.07 Å². The Hall–Kier alpha value is -1.53. The fourth-order valence-electron chi connectivity index (χ4n) is 1.07. The van der Waals surface area contributed by atoms with Crippen molar-refractivity contribution in [3.05, 3.63) is 35.9 Å². The van der Waals surface area contributed by atoms with Crippen LogP contribution in [0.25, 0.3) is 0 Å². The van der Waals surface area contributed by atoms with Gasteiger partial charge in [-0.1, -0.05) is 43.8 Å². The number of nitrogens with zero attached hydrogens (tertiary/aromatic N) is 1. The molecule has 3 heteroatoms. The molecule has 0 atom stereocenters. The third kappa shape index (κ3) is 3.60. The van der Waals surface area contributed by atoms with Gasteiger partial charge in [0.2, 0.25) is 0 Å². The summed E-state index contributed by atoms with van der Waals surface area (Å²) in [4.78, 5) is 0. The molecule has 0 heterocycles. The molecule has 0 amide bonds. The minimum atomic E-state index is -1.49. The average Bonchev–Trinajstić information content (AvgIpc) is 2.18. The first kappa shape index (κ1) is 11.5.